The summed E-state index contributed by atoms with van der Waals surface area (Å²) in [6, 6.07) is 0.758. The van der Waals surface area contributed by atoms with Gasteiger partial charge in [0.1, 0.15) is 0 Å². The van der Waals surface area contributed by atoms with E-state index in [2.05, 4.69) is 44.0 Å². The molecule has 1 heterocycles. The maximum absolute atomic E-state index is 3.77. The molecule has 0 unspecified atom stereocenters. The van der Waals surface area contributed by atoms with Crippen molar-refractivity contribution in [3.63, 3.8) is 0 Å². The molecule has 1 rings (SSSR count). The second-order valence-corrected chi connectivity index (χ2v) is 5.95. The molecule has 0 aliphatic carbocycles. The lowest BCUT2D eigenvalue weighted by Crippen LogP contribution is -2.43. The molecule has 2 nitrogen and oxygen atoms in total. The highest BCUT2D eigenvalue weighted by molar-refractivity contribution is 4.95. The third kappa shape index (κ3) is 6.01. The van der Waals surface area contributed by atoms with Gasteiger partial charge in [-0.3, -0.25) is 4.90 Å². The predicted octanol–water partition coefficient (Wildman–Crippen LogP) is 3.44. The standard InChI is InChI=1S/C16H32N2/c1-5-15(6-2)13-17-16-8-11-18(12-9-16)10-7-14(3)4/h7,15-17H,5-6,8-13H2,1-4H3. The van der Waals surface area contributed by atoms with Crippen LogP contribution in [0.15, 0.2) is 11.6 Å². The average molecular weight is 252 g/mol. The fourth-order valence-electron chi connectivity index (χ4n) is 2.54. The van der Waals surface area contributed by atoms with E-state index in [1.54, 1.807) is 0 Å². The summed E-state index contributed by atoms with van der Waals surface area (Å²) >= 11 is 0. The van der Waals surface area contributed by atoms with Gasteiger partial charge in [0.2, 0.25) is 0 Å². The number of nitrogens with zero attached hydrogens (tertiary/aromatic N) is 1. The van der Waals surface area contributed by atoms with E-state index in [0.29, 0.717) is 0 Å². The van der Waals surface area contributed by atoms with Crippen LogP contribution in [0.1, 0.15) is 53.4 Å². The van der Waals surface area contributed by atoms with Crippen LogP contribution in [-0.2, 0) is 0 Å². The Morgan fingerprint density at radius 3 is 2.33 bits per heavy atom. The number of likely N-dealkylation sites (tertiary alicyclic amines) is 1. The number of hydrogen-bond donors (Lipinski definition) is 1. The molecule has 1 saturated heterocycles. The van der Waals surface area contributed by atoms with Gasteiger partial charge in [-0.2, -0.15) is 0 Å². The molecule has 1 N–H and O–H groups in total. The number of piperidine rings is 1. The van der Waals surface area contributed by atoms with Crippen molar-refractivity contribution in [3.8, 4) is 0 Å². The van der Waals surface area contributed by atoms with E-state index in [1.807, 2.05) is 0 Å². The van der Waals surface area contributed by atoms with Crippen LogP contribution in [0.3, 0.4) is 0 Å². The van der Waals surface area contributed by atoms with Gasteiger partial charge in [0.15, 0.2) is 0 Å². The summed E-state index contributed by atoms with van der Waals surface area (Å²) in [6.45, 7) is 13.8. The molecule has 2 heteroatoms. The zero-order valence-electron chi connectivity index (χ0n) is 12.8. The van der Waals surface area contributed by atoms with Crippen LogP contribution in [0.25, 0.3) is 0 Å². The Bertz CT molecular complexity index is 231. The van der Waals surface area contributed by atoms with E-state index >= 15 is 0 Å². The zero-order valence-corrected chi connectivity index (χ0v) is 12.8. The zero-order chi connectivity index (χ0) is 13.4. The Balaban J connectivity index is 2.17. The van der Waals surface area contributed by atoms with E-state index in [0.717, 1.165) is 18.5 Å². The summed E-state index contributed by atoms with van der Waals surface area (Å²) in [5.74, 6) is 0.869. The molecule has 18 heavy (non-hydrogen) atoms. The van der Waals surface area contributed by atoms with E-state index in [4.69, 9.17) is 0 Å². The lowest BCUT2D eigenvalue weighted by molar-refractivity contribution is 0.210. The first-order valence-corrected chi connectivity index (χ1v) is 7.74. The quantitative estimate of drug-likeness (QED) is 0.698. The third-order valence-electron chi connectivity index (χ3n) is 4.20. The van der Waals surface area contributed by atoms with Gasteiger partial charge in [-0.15, -0.1) is 0 Å². The monoisotopic (exact) mass is 252 g/mol. The molecule has 1 aliphatic heterocycles. The second kappa shape index (κ2) is 8.71. The van der Waals surface area contributed by atoms with Crippen molar-refractivity contribution in [3.05, 3.63) is 11.6 Å². The number of hydrogen-bond acceptors (Lipinski definition) is 2. The van der Waals surface area contributed by atoms with Gasteiger partial charge >= 0.3 is 0 Å². The second-order valence-electron chi connectivity index (χ2n) is 5.95. The smallest absolute Gasteiger partial charge is 0.0165 e. The molecule has 0 amide bonds. The van der Waals surface area contributed by atoms with Crippen molar-refractivity contribution in [1.82, 2.24) is 10.2 Å². The van der Waals surface area contributed by atoms with Crippen molar-refractivity contribution in [2.75, 3.05) is 26.2 Å². The lowest BCUT2D eigenvalue weighted by Gasteiger charge is -2.32. The van der Waals surface area contributed by atoms with Gasteiger partial charge in [0.25, 0.3) is 0 Å². The molecule has 0 aromatic heterocycles. The highest BCUT2D eigenvalue weighted by atomic mass is 15.1. The lowest BCUT2D eigenvalue weighted by atomic mass is 10.0. The molecule has 0 bridgehead atoms. The molecule has 0 aromatic carbocycles. The van der Waals surface area contributed by atoms with Crippen molar-refractivity contribution >= 4 is 0 Å². The van der Waals surface area contributed by atoms with Crippen LogP contribution in [0.5, 0.6) is 0 Å². The SMILES string of the molecule is CCC(CC)CNC1CCN(CC=C(C)C)CC1. The van der Waals surface area contributed by atoms with Gasteiger partial charge in [0, 0.05) is 12.6 Å². The molecular formula is C16H32N2. The fraction of sp³-hybridized carbons (Fsp3) is 0.875. The molecule has 0 radical (unpaired) electrons. The molecule has 1 aliphatic rings. The normalized spacial score (nSPS) is 18.3. The van der Waals surface area contributed by atoms with Gasteiger partial charge in [-0.25, -0.2) is 0 Å². The van der Waals surface area contributed by atoms with Crippen molar-refractivity contribution < 1.29 is 0 Å². The summed E-state index contributed by atoms with van der Waals surface area (Å²) in [5.41, 5.74) is 1.43. The Kier molecular flexibility index (Phi) is 7.60. The number of rotatable bonds is 7. The largest absolute Gasteiger partial charge is 0.314 e. The highest BCUT2D eigenvalue weighted by Gasteiger charge is 2.18. The highest BCUT2D eigenvalue weighted by Crippen LogP contribution is 2.12. The first-order chi connectivity index (χ1) is 8.65. The van der Waals surface area contributed by atoms with Crippen molar-refractivity contribution in [1.29, 1.82) is 0 Å². The average Bonchev–Trinajstić information content (AvgIpc) is 2.39. The maximum Gasteiger partial charge on any atom is 0.0165 e. The van der Waals surface area contributed by atoms with E-state index in [1.165, 1.54) is 50.9 Å². The summed E-state index contributed by atoms with van der Waals surface area (Å²) in [5, 5.41) is 3.77. The van der Waals surface area contributed by atoms with Gasteiger partial charge in [0.05, 0.1) is 0 Å². The molecule has 0 atom stereocenters. The van der Waals surface area contributed by atoms with Crippen molar-refractivity contribution in [2.24, 2.45) is 5.92 Å². The van der Waals surface area contributed by atoms with Crippen LogP contribution in [0.4, 0.5) is 0 Å². The number of allylic oxidation sites excluding steroid dienone is 1. The predicted molar refractivity (Wildman–Crippen MR) is 81.0 cm³/mol. The summed E-state index contributed by atoms with van der Waals surface area (Å²) < 4.78 is 0. The molecular weight excluding hydrogens is 220 g/mol. The van der Waals surface area contributed by atoms with Gasteiger partial charge < -0.3 is 5.32 Å². The van der Waals surface area contributed by atoms with Gasteiger partial charge in [-0.1, -0.05) is 38.3 Å². The van der Waals surface area contributed by atoms with E-state index < -0.39 is 0 Å². The van der Waals surface area contributed by atoms with Crippen LogP contribution in [0.2, 0.25) is 0 Å². The molecule has 0 spiro atoms. The van der Waals surface area contributed by atoms with E-state index in [-0.39, 0.29) is 0 Å². The summed E-state index contributed by atoms with van der Waals surface area (Å²) in [4.78, 5) is 2.57. The first kappa shape index (κ1) is 15.7. The maximum atomic E-state index is 3.77. The van der Waals surface area contributed by atoms with E-state index in [9.17, 15) is 0 Å². The third-order valence-corrected chi connectivity index (χ3v) is 4.20. The Hall–Kier alpha value is -0.340. The fourth-order valence-corrected chi connectivity index (χ4v) is 2.54. The van der Waals surface area contributed by atoms with Gasteiger partial charge in [-0.05, 0) is 52.2 Å². The minimum absolute atomic E-state index is 0.758. The van der Waals surface area contributed by atoms with Crippen molar-refractivity contribution in [2.45, 2.75) is 59.4 Å². The summed E-state index contributed by atoms with van der Waals surface area (Å²) in [6.07, 6.45) is 7.59. The van der Waals surface area contributed by atoms with Crippen LogP contribution < -0.4 is 5.32 Å². The Morgan fingerprint density at radius 1 is 1.22 bits per heavy atom. The Morgan fingerprint density at radius 2 is 1.83 bits per heavy atom. The van der Waals surface area contributed by atoms with Crippen LogP contribution in [0, 0.1) is 5.92 Å². The van der Waals surface area contributed by atoms with Crippen LogP contribution >= 0.6 is 0 Å². The Labute approximate surface area is 114 Å². The number of nitrogens with one attached hydrogen (secondary N) is 1. The van der Waals surface area contributed by atoms with Crippen LogP contribution in [-0.4, -0.2) is 37.1 Å². The minimum atomic E-state index is 0.758. The summed E-state index contributed by atoms with van der Waals surface area (Å²) in [7, 11) is 0. The topological polar surface area (TPSA) is 15.3 Å². The molecule has 0 aromatic rings. The minimum Gasteiger partial charge on any atom is -0.314 e. The first-order valence-electron chi connectivity index (χ1n) is 7.74. The molecule has 0 saturated carbocycles. The molecule has 106 valence electrons. The molecule has 1 fully saturated rings.